The summed E-state index contributed by atoms with van der Waals surface area (Å²) < 4.78 is 6.92. The van der Waals surface area contributed by atoms with Gasteiger partial charge in [-0.3, -0.25) is 0 Å². The van der Waals surface area contributed by atoms with Gasteiger partial charge < -0.3 is 10.1 Å². The fourth-order valence-corrected chi connectivity index (χ4v) is 1.61. The summed E-state index contributed by atoms with van der Waals surface area (Å²) in [6.45, 7) is 4.30. The molecule has 0 unspecified atom stereocenters. The Morgan fingerprint density at radius 1 is 1.28 bits per heavy atom. The van der Waals surface area contributed by atoms with E-state index in [0.717, 1.165) is 23.7 Å². The molecule has 0 aliphatic carbocycles. The molecular formula is C12H17N5O. The van der Waals surface area contributed by atoms with Crippen LogP contribution in [0.25, 0.3) is 0 Å². The lowest BCUT2D eigenvalue weighted by molar-refractivity contribution is 0.414. The number of tetrazole rings is 1. The fourth-order valence-electron chi connectivity index (χ4n) is 1.61. The molecule has 1 N–H and O–H groups in total. The Kier molecular flexibility index (Phi) is 4.25. The number of nitrogens with one attached hydrogen (secondary N) is 1. The molecule has 0 saturated carbocycles. The zero-order valence-electron chi connectivity index (χ0n) is 10.6. The molecule has 0 aliphatic rings. The highest BCUT2D eigenvalue weighted by Gasteiger charge is 2.05. The van der Waals surface area contributed by atoms with Crippen molar-refractivity contribution in [1.82, 2.24) is 25.5 Å². The zero-order chi connectivity index (χ0) is 12.8. The Labute approximate surface area is 106 Å². The number of ether oxygens (including phenoxy) is 1. The van der Waals surface area contributed by atoms with Crippen molar-refractivity contribution in [2.75, 3.05) is 13.7 Å². The number of rotatable bonds is 6. The quantitative estimate of drug-likeness (QED) is 0.819. The second kappa shape index (κ2) is 6.11. The number of benzene rings is 1. The van der Waals surface area contributed by atoms with Gasteiger partial charge in [0.05, 0.1) is 20.2 Å². The molecule has 18 heavy (non-hydrogen) atoms. The van der Waals surface area contributed by atoms with Gasteiger partial charge in [-0.05, 0) is 34.7 Å². The highest BCUT2D eigenvalue weighted by Crippen LogP contribution is 2.12. The molecule has 1 aromatic heterocycles. The molecule has 2 rings (SSSR count). The summed E-state index contributed by atoms with van der Waals surface area (Å²) >= 11 is 0. The maximum atomic E-state index is 5.12. The van der Waals surface area contributed by atoms with Crippen LogP contribution in [0.15, 0.2) is 24.3 Å². The van der Waals surface area contributed by atoms with Crippen LogP contribution >= 0.6 is 0 Å². The van der Waals surface area contributed by atoms with Crippen molar-refractivity contribution >= 4 is 0 Å². The minimum Gasteiger partial charge on any atom is -0.497 e. The van der Waals surface area contributed by atoms with Crippen LogP contribution in [-0.2, 0) is 13.1 Å². The first-order valence-corrected chi connectivity index (χ1v) is 5.92. The number of aromatic nitrogens is 4. The van der Waals surface area contributed by atoms with Crippen molar-refractivity contribution in [1.29, 1.82) is 0 Å². The highest BCUT2D eigenvalue weighted by atomic mass is 16.5. The normalized spacial score (nSPS) is 10.6. The van der Waals surface area contributed by atoms with Gasteiger partial charge in [0.15, 0.2) is 5.82 Å². The molecule has 96 valence electrons. The maximum absolute atomic E-state index is 5.12. The Bertz CT molecular complexity index is 479. The van der Waals surface area contributed by atoms with Gasteiger partial charge in [-0.2, -0.15) is 0 Å². The van der Waals surface area contributed by atoms with Crippen LogP contribution in [-0.4, -0.2) is 33.9 Å². The molecular weight excluding hydrogens is 230 g/mol. The molecule has 0 aliphatic heterocycles. The van der Waals surface area contributed by atoms with Crippen molar-refractivity contribution < 1.29 is 4.74 Å². The Morgan fingerprint density at radius 3 is 2.72 bits per heavy atom. The molecule has 2 aromatic rings. The molecule has 0 spiro atoms. The van der Waals surface area contributed by atoms with Crippen molar-refractivity contribution in [3.05, 3.63) is 35.7 Å². The average molecular weight is 247 g/mol. The summed E-state index contributed by atoms with van der Waals surface area (Å²) in [5, 5.41) is 14.9. The molecule has 0 amide bonds. The number of nitrogens with zero attached hydrogens (tertiary/aromatic N) is 4. The lowest BCUT2D eigenvalue weighted by Crippen LogP contribution is -2.17. The summed E-state index contributed by atoms with van der Waals surface area (Å²) in [5.41, 5.74) is 1.14. The van der Waals surface area contributed by atoms with Crippen LogP contribution in [0.5, 0.6) is 5.75 Å². The molecule has 1 heterocycles. The van der Waals surface area contributed by atoms with E-state index in [1.165, 1.54) is 0 Å². The van der Waals surface area contributed by atoms with Gasteiger partial charge in [0, 0.05) is 0 Å². The standard InChI is InChI=1S/C12H17N5O/c1-3-13-8-12-14-15-16-17(12)9-10-4-6-11(18-2)7-5-10/h4-7,13H,3,8-9H2,1-2H3. The van der Waals surface area contributed by atoms with Gasteiger partial charge in [-0.15, -0.1) is 5.10 Å². The molecule has 0 radical (unpaired) electrons. The monoisotopic (exact) mass is 247 g/mol. The van der Waals surface area contributed by atoms with Crippen molar-refractivity contribution in [2.45, 2.75) is 20.0 Å². The van der Waals surface area contributed by atoms with E-state index in [0.29, 0.717) is 13.1 Å². The third-order valence-corrected chi connectivity index (χ3v) is 2.63. The lowest BCUT2D eigenvalue weighted by Gasteiger charge is -2.06. The largest absolute Gasteiger partial charge is 0.497 e. The minimum absolute atomic E-state index is 0.664. The summed E-state index contributed by atoms with van der Waals surface area (Å²) in [6, 6.07) is 7.89. The Balaban J connectivity index is 2.05. The first-order chi connectivity index (χ1) is 8.83. The second-order valence-electron chi connectivity index (χ2n) is 3.88. The highest BCUT2D eigenvalue weighted by molar-refractivity contribution is 5.27. The van der Waals surface area contributed by atoms with Gasteiger partial charge >= 0.3 is 0 Å². The smallest absolute Gasteiger partial charge is 0.165 e. The summed E-state index contributed by atoms with van der Waals surface area (Å²) in [7, 11) is 1.66. The van der Waals surface area contributed by atoms with Crippen LogP contribution in [0.3, 0.4) is 0 Å². The van der Waals surface area contributed by atoms with Crippen LogP contribution in [0.2, 0.25) is 0 Å². The lowest BCUT2D eigenvalue weighted by atomic mass is 10.2. The molecule has 1 aromatic carbocycles. The number of hydrogen-bond donors (Lipinski definition) is 1. The van der Waals surface area contributed by atoms with E-state index in [1.807, 2.05) is 24.3 Å². The molecule has 6 heteroatoms. The molecule has 6 nitrogen and oxygen atoms in total. The molecule has 0 bridgehead atoms. The van der Waals surface area contributed by atoms with Crippen molar-refractivity contribution in [3.8, 4) is 5.75 Å². The molecule has 0 saturated heterocycles. The van der Waals surface area contributed by atoms with Gasteiger partial charge in [0.2, 0.25) is 0 Å². The van der Waals surface area contributed by atoms with Crippen molar-refractivity contribution in [2.24, 2.45) is 0 Å². The Morgan fingerprint density at radius 2 is 2.06 bits per heavy atom. The van der Waals surface area contributed by atoms with E-state index in [1.54, 1.807) is 11.8 Å². The van der Waals surface area contributed by atoms with E-state index in [9.17, 15) is 0 Å². The van der Waals surface area contributed by atoms with Crippen LogP contribution in [0, 0.1) is 0 Å². The summed E-state index contributed by atoms with van der Waals surface area (Å²) in [6.07, 6.45) is 0. The van der Waals surface area contributed by atoms with Crippen LogP contribution < -0.4 is 10.1 Å². The second-order valence-corrected chi connectivity index (χ2v) is 3.88. The summed E-state index contributed by atoms with van der Waals surface area (Å²) in [4.78, 5) is 0. The van der Waals surface area contributed by atoms with Gasteiger partial charge in [0.25, 0.3) is 0 Å². The predicted octanol–water partition coefficient (Wildman–Crippen LogP) is 0.839. The zero-order valence-corrected chi connectivity index (χ0v) is 10.6. The summed E-state index contributed by atoms with van der Waals surface area (Å²) in [5.74, 6) is 1.69. The van der Waals surface area contributed by atoms with E-state index in [-0.39, 0.29) is 0 Å². The topological polar surface area (TPSA) is 64.9 Å². The first kappa shape index (κ1) is 12.5. The fraction of sp³-hybridized carbons (Fsp3) is 0.417. The van der Waals surface area contributed by atoms with Crippen LogP contribution in [0.1, 0.15) is 18.3 Å². The number of methoxy groups -OCH3 is 1. The van der Waals surface area contributed by atoms with E-state index < -0.39 is 0 Å². The van der Waals surface area contributed by atoms with E-state index in [2.05, 4.69) is 27.8 Å². The third-order valence-electron chi connectivity index (χ3n) is 2.63. The first-order valence-electron chi connectivity index (χ1n) is 5.92. The van der Waals surface area contributed by atoms with E-state index in [4.69, 9.17) is 4.74 Å². The van der Waals surface area contributed by atoms with Crippen molar-refractivity contribution in [3.63, 3.8) is 0 Å². The Hall–Kier alpha value is -1.95. The van der Waals surface area contributed by atoms with E-state index >= 15 is 0 Å². The van der Waals surface area contributed by atoms with Crippen LogP contribution in [0.4, 0.5) is 0 Å². The average Bonchev–Trinajstić information content (AvgIpc) is 2.84. The maximum Gasteiger partial charge on any atom is 0.165 e. The van der Waals surface area contributed by atoms with Gasteiger partial charge in [-0.25, -0.2) is 4.68 Å². The third kappa shape index (κ3) is 3.04. The minimum atomic E-state index is 0.664. The molecule has 0 fully saturated rings. The van der Waals surface area contributed by atoms with Gasteiger partial charge in [0.1, 0.15) is 5.75 Å². The number of hydrogen-bond acceptors (Lipinski definition) is 5. The SMILES string of the molecule is CCNCc1nnnn1Cc1ccc(OC)cc1. The molecule has 0 atom stereocenters. The predicted molar refractivity (Wildman–Crippen MR) is 67.3 cm³/mol. The van der Waals surface area contributed by atoms with Gasteiger partial charge in [-0.1, -0.05) is 19.1 Å².